The van der Waals surface area contributed by atoms with Gasteiger partial charge in [0.1, 0.15) is 0 Å². The summed E-state index contributed by atoms with van der Waals surface area (Å²) in [6, 6.07) is 11.5. The Morgan fingerprint density at radius 3 is 2.67 bits per heavy atom. The monoisotopic (exact) mass is 325 g/mol. The molecule has 1 amide bonds. The van der Waals surface area contributed by atoms with Gasteiger partial charge in [-0.1, -0.05) is 18.2 Å². The van der Waals surface area contributed by atoms with Crippen molar-refractivity contribution < 1.29 is 23.8 Å². The standard InChI is InChI=1S/C18H15NO5/c1-10-6-7-12(18(21)22)8-13(10)19-17(20)15-9-11-4-3-5-14(23-2)16(11)24-15/h3-9H,1-2H3,(H,19,20)(H,21,22). The normalized spacial score (nSPS) is 10.6. The van der Waals surface area contributed by atoms with Gasteiger partial charge in [0.2, 0.25) is 0 Å². The molecule has 2 N–H and O–H groups in total. The number of para-hydroxylation sites is 1. The number of carbonyl (C=O) groups is 2. The van der Waals surface area contributed by atoms with Gasteiger partial charge in [-0.3, -0.25) is 4.79 Å². The molecule has 6 heteroatoms. The summed E-state index contributed by atoms with van der Waals surface area (Å²) in [7, 11) is 1.53. The molecule has 6 nitrogen and oxygen atoms in total. The van der Waals surface area contributed by atoms with Crippen LogP contribution in [0.15, 0.2) is 46.9 Å². The zero-order valence-electron chi connectivity index (χ0n) is 13.1. The second-order valence-corrected chi connectivity index (χ2v) is 5.28. The number of carboxylic acids is 1. The van der Waals surface area contributed by atoms with Crippen LogP contribution >= 0.6 is 0 Å². The van der Waals surface area contributed by atoms with E-state index in [1.165, 1.54) is 19.2 Å². The van der Waals surface area contributed by atoms with Crippen molar-refractivity contribution in [1.29, 1.82) is 0 Å². The Hall–Kier alpha value is -3.28. The number of furan rings is 1. The van der Waals surface area contributed by atoms with Crippen LogP contribution in [0.25, 0.3) is 11.0 Å². The fraction of sp³-hybridized carbons (Fsp3) is 0.111. The number of hydrogen-bond donors (Lipinski definition) is 2. The van der Waals surface area contributed by atoms with Gasteiger partial charge in [-0.2, -0.15) is 0 Å². The number of carboxylic acid groups (broad SMARTS) is 1. The number of nitrogens with one attached hydrogen (secondary N) is 1. The molecule has 0 saturated heterocycles. The maximum atomic E-state index is 12.4. The van der Waals surface area contributed by atoms with Crippen LogP contribution in [-0.4, -0.2) is 24.1 Å². The average molecular weight is 325 g/mol. The molecule has 0 aliphatic heterocycles. The highest BCUT2D eigenvalue weighted by Gasteiger charge is 2.16. The Morgan fingerprint density at radius 2 is 1.96 bits per heavy atom. The molecule has 122 valence electrons. The number of aryl methyl sites for hydroxylation is 1. The number of fused-ring (bicyclic) bond motifs is 1. The minimum absolute atomic E-state index is 0.0992. The van der Waals surface area contributed by atoms with E-state index in [9.17, 15) is 9.59 Å². The minimum atomic E-state index is -1.06. The van der Waals surface area contributed by atoms with Gasteiger partial charge >= 0.3 is 5.97 Å². The summed E-state index contributed by atoms with van der Waals surface area (Å²) >= 11 is 0. The average Bonchev–Trinajstić information content (AvgIpc) is 3.00. The Bertz CT molecular complexity index is 942. The van der Waals surface area contributed by atoms with E-state index in [1.807, 2.05) is 6.07 Å². The number of amides is 1. The van der Waals surface area contributed by atoms with Crippen LogP contribution in [0.2, 0.25) is 0 Å². The molecule has 2 aromatic carbocycles. The lowest BCUT2D eigenvalue weighted by atomic mass is 10.1. The Labute approximate surface area is 137 Å². The summed E-state index contributed by atoms with van der Waals surface area (Å²) < 4.78 is 10.8. The quantitative estimate of drug-likeness (QED) is 0.763. The summed E-state index contributed by atoms with van der Waals surface area (Å²) in [6.07, 6.45) is 0. The lowest BCUT2D eigenvalue weighted by Gasteiger charge is -2.08. The van der Waals surface area contributed by atoms with Gasteiger partial charge in [0.05, 0.1) is 12.7 Å². The van der Waals surface area contributed by atoms with E-state index in [0.717, 1.165) is 10.9 Å². The maximum absolute atomic E-state index is 12.4. The van der Waals surface area contributed by atoms with E-state index >= 15 is 0 Å². The number of anilines is 1. The summed E-state index contributed by atoms with van der Waals surface area (Å²) in [4.78, 5) is 23.5. The van der Waals surface area contributed by atoms with E-state index in [2.05, 4.69) is 5.32 Å². The predicted molar refractivity (Wildman–Crippen MR) is 88.9 cm³/mol. The van der Waals surface area contributed by atoms with Gasteiger partial charge in [0.15, 0.2) is 17.1 Å². The van der Waals surface area contributed by atoms with Gasteiger partial charge in [-0.05, 0) is 36.8 Å². The molecular weight excluding hydrogens is 310 g/mol. The van der Waals surface area contributed by atoms with E-state index in [-0.39, 0.29) is 11.3 Å². The van der Waals surface area contributed by atoms with Gasteiger partial charge in [-0.25, -0.2) is 4.79 Å². The summed E-state index contributed by atoms with van der Waals surface area (Å²) in [5.74, 6) is -0.858. The second kappa shape index (κ2) is 6.08. The van der Waals surface area contributed by atoms with Crippen molar-refractivity contribution in [2.24, 2.45) is 0 Å². The molecule has 0 atom stereocenters. The summed E-state index contributed by atoms with van der Waals surface area (Å²) in [5, 5.41) is 12.5. The molecule has 0 bridgehead atoms. The van der Waals surface area contributed by atoms with Gasteiger partial charge < -0.3 is 19.6 Å². The first kappa shape index (κ1) is 15.6. The zero-order chi connectivity index (χ0) is 17.3. The highest BCUT2D eigenvalue weighted by Crippen LogP contribution is 2.29. The van der Waals surface area contributed by atoms with Crippen molar-refractivity contribution in [1.82, 2.24) is 0 Å². The van der Waals surface area contributed by atoms with Crippen LogP contribution in [0.3, 0.4) is 0 Å². The van der Waals surface area contributed by atoms with Crippen LogP contribution in [0.4, 0.5) is 5.69 Å². The number of carbonyl (C=O) groups excluding carboxylic acids is 1. The predicted octanol–water partition coefficient (Wildman–Crippen LogP) is 3.70. The number of methoxy groups -OCH3 is 1. The fourth-order valence-corrected chi connectivity index (χ4v) is 2.38. The third-order valence-electron chi connectivity index (χ3n) is 3.68. The van der Waals surface area contributed by atoms with E-state index < -0.39 is 11.9 Å². The summed E-state index contributed by atoms with van der Waals surface area (Å²) in [5.41, 5.74) is 1.76. The topological polar surface area (TPSA) is 88.8 Å². The molecule has 0 saturated carbocycles. The van der Waals surface area contributed by atoms with Gasteiger partial charge in [-0.15, -0.1) is 0 Å². The Morgan fingerprint density at radius 1 is 1.17 bits per heavy atom. The molecule has 1 heterocycles. The first-order chi connectivity index (χ1) is 11.5. The number of hydrogen-bond acceptors (Lipinski definition) is 4. The third kappa shape index (κ3) is 2.81. The van der Waals surface area contributed by atoms with E-state index in [1.54, 1.807) is 31.2 Å². The third-order valence-corrected chi connectivity index (χ3v) is 3.68. The molecule has 3 aromatic rings. The first-order valence-corrected chi connectivity index (χ1v) is 7.21. The smallest absolute Gasteiger partial charge is 0.335 e. The van der Waals surface area contributed by atoms with Crippen LogP contribution in [0.1, 0.15) is 26.5 Å². The molecule has 3 rings (SSSR count). The van der Waals surface area contributed by atoms with Crippen LogP contribution < -0.4 is 10.1 Å². The summed E-state index contributed by atoms with van der Waals surface area (Å²) in [6.45, 7) is 1.78. The molecule has 24 heavy (non-hydrogen) atoms. The van der Waals surface area contributed by atoms with Gasteiger partial charge in [0, 0.05) is 11.1 Å². The second-order valence-electron chi connectivity index (χ2n) is 5.28. The zero-order valence-corrected chi connectivity index (χ0v) is 13.1. The molecule has 0 aliphatic rings. The van der Waals surface area contributed by atoms with Crippen LogP contribution in [0, 0.1) is 6.92 Å². The lowest BCUT2D eigenvalue weighted by Crippen LogP contribution is -2.12. The molecule has 0 radical (unpaired) electrons. The van der Waals surface area contributed by atoms with E-state index in [0.29, 0.717) is 17.0 Å². The first-order valence-electron chi connectivity index (χ1n) is 7.21. The molecule has 0 aliphatic carbocycles. The largest absolute Gasteiger partial charge is 0.493 e. The molecular formula is C18H15NO5. The van der Waals surface area contributed by atoms with Crippen molar-refractivity contribution >= 4 is 28.5 Å². The van der Waals surface area contributed by atoms with Crippen LogP contribution in [0.5, 0.6) is 5.75 Å². The molecule has 0 fully saturated rings. The number of ether oxygens (including phenoxy) is 1. The Kier molecular flexibility index (Phi) is 3.95. The maximum Gasteiger partial charge on any atom is 0.335 e. The molecule has 1 aromatic heterocycles. The number of aromatic carboxylic acids is 1. The van der Waals surface area contributed by atoms with Crippen molar-refractivity contribution in [2.75, 3.05) is 12.4 Å². The minimum Gasteiger partial charge on any atom is -0.493 e. The van der Waals surface area contributed by atoms with E-state index in [4.69, 9.17) is 14.3 Å². The van der Waals surface area contributed by atoms with Crippen LogP contribution in [-0.2, 0) is 0 Å². The molecule has 0 unspecified atom stereocenters. The number of rotatable bonds is 4. The molecule has 0 spiro atoms. The lowest BCUT2D eigenvalue weighted by molar-refractivity contribution is 0.0696. The van der Waals surface area contributed by atoms with Crippen molar-refractivity contribution in [3.63, 3.8) is 0 Å². The van der Waals surface area contributed by atoms with Gasteiger partial charge in [0.25, 0.3) is 5.91 Å². The Balaban J connectivity index is 1.93. The van der Waals surface area contributed by atoms with Crippen molar-refractivity contribution in [3.05, 3.63) is 59.4 Å². The van der Waals surface area contributed by atoms with Crippen molar-refractivity contribution in [2.45, 2.75) is 6.92 Å². The fourth-order valence-electron chi connectivity index (χ4n) is 2.38. The highest BCUT2D eigenvalue weighted by molar-refractivity contribution is 6.06. The SMILES string of the molecule is COc1cccc2cc(C(=O)Nc3cc(C(=O)O)ccc3C)oc12. The number of benzene rings is 2. The highest BCUT2D eigenvalue weighted by atomic mass is 16.5. The van der Waals surface area contributed by atoms with Crippen molar-refractivity contribution in [3.8, 4) is 5.75 Å².